The molecular formula is C13H15BrN2O3. The molecule has 5 nitrogen and oxygen atoms in total. The van der Waals surface area contributed by atoms with Crippen molar-refractivity contribution in [3.8, 4) is 0 Å². The number of nitrogens with zero attached hydrogens (tertiary/aromatic N) is 1. The highest BCUT2D eigenvalue weighted by Crippen LogP contribution is 2.46. The zero-order valence-electron chi connectivity index (χ0n) is 10.6. The number of aryl methyl sites for hydroxylation is 1. The van der Waals surface area contributed by atoms with Crippen LogP contribution in [0.4, 0.5) is 5.69 Å². The van der Waals surface area contributed by atoms with Gasteiger partial charge in [0.25, 0.3) is 11.6 Å². The first-order valence-corrected chi connectivity index (χ1v) is 7.18. The third-order valence-electron chi connectivity index (χ3n) is 3.40. The second-order valence-electron chi connectivity index (χ2n) is 5.13. The molecule has 2 rings (SSSR count). The summed E-state index contributed by atoms with van der Waals surface area (Å²) in [5.74, 6) is -0.251. The predicted octanol–water partition coefficient (Wildman–Crippen LogP) is 2.81. The zero-order chi connectivity index (χ0) is 14.0. The number of nitrogens with one attached hydrogen (secondary N) is 1. The van der Waals surface area contributed by atoms with Crippen molar-refractivity contribution in [3.05, 3.63) is 39.4 Å². The Kier molecular flexibility index (Phi) is 3.89. The predicted molar refractivity (Wildman–Crippen MR) is 75.6 cm³/mol. The summed E-state index contributed by atoms with van der Waals surface area (Å²) in [5, 5.41) is 14.5. The number of rotatable bonds is 5. The smallest absolute Gasteiger partial charge is 0.270 e. The second-order valence-corrected chi connectivity index (χ2v) is 5.69. The Balaban J connectivity index is 2.08. The largest absolute Gasteiger partial charge is 0.351 e. The molecule has 6 heteroatoms. The number of carbonyl (C=O) groups excluding carboxylic acids is 1. The summed E-state index contributed by atoms with van der Waals surface area (Å²) >= 11 is 3.44. The Hall–Kier alpha value is -1.43. The average Bonchev–Trinajstić information content (AvgIpc) is 3.16. The molecule has 1 fully saturated rings. The third-order valence-corrected chi connectivity index (χ3v) is 4.59. The number of halogens is 1. The quantitative estimate of drug-likeness (QED) is 0.513. The molecule has 1 aliphatic rings. The Labute approximate surface area is 119 Å². The number of hydrogen-bond donors (Lipinski definition) is 1. The molecule has 0 unspecified atom stereocenters. The number of non-ortho nitro benzene ring substituents is 1. The summed E-state index contributed by atoms with van der Waals surface area (Å²) in [6.45, 7) is 2.35. The number of hydrogen-bond acceptors (Lipinski definition) is 3. The van der Waals surface area contributed by atoms with Gasteiger partial charge in [-0.3, -0.25) is 14.9 Å². The summed E-state index contributed by atoms with van der Waals surface area (Å²) in [4.78, 5) is 22.3. The van der Waals surface area contributed by atoms with Gasteiger partial charge in [0.05, 0.1) is 4.92 Å². The lowest BCUT2D eigenvalue weighted by molar-refractivity contribution is -0.384. The van der Waals surface area contributed by atoms with Gasteiger partial charge >= 0.3 is 0 Å². The van der Waals surface area contributed by atoms with E-state index in [-0.39, 0.29) is 17.0 Å². The van der Waals surface area contributed by atoms with Crippen molar-refractivity contribution in [2.75, 3.05) is 11.9 Å². The molecule has 0 radical (unpaired) electrons. The summed E-state index contributed by atoms with van der Waals surface area (Å²) in [6, 6.07) is 4.43. The van der Waals surface area contributed by atoms with Crippen LogP contribution >= 0.6 is 15.9 Å². The van der Waals surface area contributed by atoms with Gasteiger partial charge in [0.15, 0.2) is 0 Å². The molecule has 0 aliphatic heterocycles. The second kappa shape index (κ2) is 5.28. The Bertz CT molecular complexity index is 527. The topological polar surface area (TPSA) is 72.2 Å². The van der Waals surface area contributed by atoms with Crippen molar-refractivity contribution < 1.29 is 9.72 Å². The average molecular weight is 327 g/mol. The van der Waals surface area contributed by atoms with E-state index < -0.39 is 4.92 Å². The first kappa shape index (κ1) is 14.0. The first-order chi connectivity index (χ1) is 8.96. The van der Waals surface area contributed by atoms with Gasteiger partial charge in [-0.05, 0) is 36.8 Å². The van der Waals surface area contributed by atoms with E-state index in [0.29, 0.717) is 17.7 Å². The van der Waals surface area contributed by atoms with Crippen LogP contribution in [0.2, 0.25) is 0 Å². The van der Waals surface area contributed by atoms with Crippen LogP contribution in [0.3, 0.4) is 0 Å². The maximum absolute atomic E-state index is 12.0. The van der Waals surface area contributed by atoms with E-state index in [1.165, 1.54) is 12.1 Å². The van der Waals surface area contributed by atoms with Crippen LogP contribution in [0.5, 0.6) is 0 Å². The molecule has 1 N–H and O–H groups in total. The van der Waals surface area contributed by atoms with Gasteiger partial charge in [0, 0.05) is 29.6 Å². The van der Waals surface area contributed by atoms with E-state index in [1.54, 1.807) is 13.0 Å². The number of nitro benzene ring substituents is 1. The molecule has 0 saturated heterocycles. The summed E-state index contributed by atoms with van der Waals surface area (Å²) in [5.41, 5.74) is 1.19. The van der Waals surface area contributed by atoms with Crippen LogP contribution in [0.1, 0.15) is 28.8 Å². The lowest BCUT2D eigenvalue weighted by Crippen LogP contribution is -2.31. The molecule has 0 bridgehead atoms. The molecule has 0 atom stereocenters. The van der Waals surface area contributed by atoms with E-state index >= 15 is 0 Å². The van der Waals surface area contributed by atoms with Crippen LogP contribution in [-0.4, -0.2) is 22.7 Å². The van der Waals surface area contributed by atoms with Crippen LogP contribution in [0.25, 0.3) is 0 Å². The van der Waals surface area contributed by atoms with Crippen LogP contribution in [0.15, 0.2) is 18.2 Å². The molecule has 19 heavy (non-hydrogen) atoms. The third kappa shape index (κ3) is 3.32. The van der Waals surface area contributed by atoms with Crippen molar-refractivity contribution in [2.45, 2.75) is 19.8 Å². The maximum atomic E-state index is 12.0. The van der Waals surface area contributed by atoms with Crippen molar-refractivity contribution in [1.82, 2.24) is 5.32 Å². The number of carbonyl (C=O) groups is 1. The van der Waals surface area contributed by atoms with Crippen LogP contribution in [0, 0.1) is 22.5 Å². The highest BCUT2D eigenvalue weighted by Gasteiger charge is 2.41. The van der Waals surface area contributed by atoms with Crippen molar-refractivity contribution in [3.63, 3.8) is 0 Å². The van der Waals surface area contributed by atoms with Gasteiger partial charge in [-0.1, -0.05) is 15.9 Å². The Morgan fingerprint density at radius 1 is 1.47 bits per heavy atom. The molecule has 102 valence electrons. The van der Waals surface area contributed by atoms with Crippen LogP contribution in [-0.2, 0) is 0 Å². The van der Waals surface area contributed by atoms with E-state index in [2.05, 4.69) is 21.2 Å². The minimum Gasteiger partial charge on any atom is -0.351 e. The summed E-state index contributed by atoms with van der Waals surface area (Å²) in [7, 11) is 0. The Morgan fingerprint density at radius 3 is 2.68 bits per heavy atom. The molecule has 0 heterocycles. The molecular weight excluding hydrogens is 312 g/mol. The van der Waals surface area contributed by atoms with E-state index in [9.17, 15) is 14.9 Å². The standard InChI is InChI=1S/C13H15BrN2O3/c1-9-4-10(6-11(5-9)16(18)19)12(17)15-8-13(7-14)2-3-13/h4-6H,2-3,7-8H2,1H3,(H,15,17). The van der Waals surface area contributed by atoms with Gasteiger partial charge in [0.1, 0.15) is 0 Å². The van der Waals surface area contributed by atoms with E-state index in [1.807, 2.05) is 0 Å². The lowest BCUT2D eigenvalue weighted by Gasteiger charge is -2.12. The monoisotopic (exact) mass is 326 g/mol. The highest BCUT2D eigenvalue weighted by atomic mass is 79.9. The number of alkyl halides is 1. The van der Waals surface area contributed by atoms with Gasteiger partial charge in [-0.2, -0.15) is 0 Å². The fourth-order valence-corrected chi connectivity index (χ4v) is 2.66. The van der Waals surface area contributed by atoms with Gasteiger partial charge in [-0.15, -0.1) is 0 Å². The molecule has 1 saturated carbocycles. The summed E-state index contributed by atoms with van der Waals surface area (Å²) in [6.07, 6.45) is 2.21. The van der Waals surface area contributed by atoms with Crippen LogP contribution < -0.4 is 5.32 Å². The number of nitro groups is 1. The molecule has 1 amide bonds. The zero-order valence-corrected chi connectivity index (χ0v) is 12.2. The SMILES string of the molecule is Cc1cc(C(=O)NCC2(CBr)CC2)cc([N+](=O)[O-])c1. The van der Waals surface area contributed by atoms with Gasteiger partial charge in [-0.25, -0.2) is 0 Å². The molecule has 0 aromatic heterocycles. The van der Waals surface area contributed by atoms with E-state index in [0.717, 1.165) is 18.2 Å². The molecule has 1 aromatic carbocycles. The maximum Gasteiger partial charge on any atom is 0.270 e. The van der Waals surface area contributed by atoms with Gasteiger partial charge < -0.3 is 5.32 Å². The van der Waals surface area contributed by atoms with Crippen molar-refractivity contribution in [2.24, 2.45) is 5.41 Å². The molecule has 1 aliphatic carbocycles. The minimum absolute atomic E-state index is 0.0493. The molecule has 1 aromatic rings. The first-order valence-electron chi connectivity index (χ1n) is 6.06. The molecule has 0 spiro atoms. The summed E-state index contributed by atoms with van der Waals surface area (Å²) < 4.78 is 0. The lowest BCUT2D eigenvalue weighted by atomic mass is 10.1. The fraction of sp³-hybridized carbons (Fsp3) is 0.462. The Morgan fingerprint density at radius 2 is 2.16 bits per heavy atom. The normalized spacial score (nSPS) is 15.9. The minimum atomic E-state index is -0.482. The fourth-order valence-electron chi connectivity index (χ4n) is 1.90. The number of amides is 1. The van der Waals surface area contributed by atoms with Crippen molar-refractivity contribution >= 4 is 27.5 Å². The van der Waals surface area contributed by atoms with E-state index in [4.69, 9.17) is 0 Å². The highest BCUT2D eigenvalue weighted by molar-refractivity contribution is 9.09. The van der Waals surface area contributed by atoms with Gasteiger partial charge in [0.2, 0.25) is 0 Å². The van der Waals surface area contributed by atoms with Crippen molar-refractivity contribution in [1.29, 1.82) is 0 Å². The number of benzene rings is 1.